The predicted octanol–water partition coefficient (Wildman–Crippen LogP) is 1.21. The molecule has 2 rings (SSSR count). The van der Waals surface area contributed by atoms with Crippen LogP contribution in [-0.2, 0) is 10.0 Å². The lowest BCUT2D eigenvalue weighted by atomic mass is 10.1. The molecule has 0 spiro atoms. The number of primary sulfonamides is 1. The van der Waals surface area contributed by atoms with Gasteiger partial charge in [-0.05, 0) is 43.9 Å². The first-order valence-corrected chi connectivity index (χ1v) is 7.62. The van der Waals surface area contributed by atoms with Gasteiger partial charge in [-0.2, -0.15) is 0 Å². The number of hydrogen-bond donors (Lipinski definition) is 2. The quantitative estimate of drug-likeness (QED) is 0.790. The van der Waals surface area contributed by atoms with E-state index in [1.165, 1.54) is 12.5 Å². The van der Waals surface area contributed by atoms with Gasteiger partial charge in [-0.3, -0.25) is 0 Å². The van der Waals surface area contributed by atoms with Crippen LogP contribution in [0.4, 0.5) is 11.4 Å². The molecule has 1 aliphatic heterocycles. The van der Waals surface area contributed by atoms with Crippen LogP contribution < -0.4 is 15.8 Å². The van der Waals surface area contributed by atoms with Crippen molar-refractivity contribution in [2.45, 2.75) is 31.1 Å². The van der Waals surface area contributed by atoms with Gasteiger partial charge in [-0.25, -0.2) is 13.6 Å². The van der Waals surface area contributed by atoms with Gasteiger partial charge in [0, 0.05) is 24.5 Å². The van der Waals surface area contributed by atoms with Crippen molar-refractivity contribution in [3.8, 4) is 0 Å². The molecule has 1 saturated heterocycles. The molecule has 0 radical (unpaired) electrons. The fourth-order valence-electron chi connectivity index (χ4n) is 2.45. The van der Waals surface area contributed by atoms with Gasteiger partial charge >= 0.3 is 0 Å². The maximum atomic E-state index is 11.5. The molecule has 0 unspecified atom stereocenters. The Morgan fingerprint density at radius 3 is 2.33 bits per heavy atom. The van der Waals surface area contributed by atoms with E-state index >= 15 is 0 Å². The summed E-state index contributed by atoms with van der Waals surface area (Å²) in [7, 11) is -3.72. The molecule has 5 nitrogen and oxygen atoms in total. The molecular weight excluding hydrogens is 250 g/mol. The van der Waals surface area contributed by atoms with Crippen LogP contribution in [0.15, 0.2) is 17.0 Å². The van der Waals surface area contributed by atoms with Crippen molar-refractivity contribution in [1.82, 2.24) is 0 Å². The summed E-state index contributed by atoms with van der Waals surface area (Å²) in [4.78, 5) is 2.31. The number of nitrogens with zero attached hydrogens (tertiary/aromatic N) is 1. The molecule has 18 heavy (non-hydrogen) atoms. The zero-order valence-corrected chi connectivity index (χ0v) is 11.3. The van der Waals surface area contributed by atoms with Crippen molar-refractivity contribution in [3.05, 3.63) is 17.7 Å². The van der Waals surface area contributed by atoms with Gasteiger partial charge in [0.05, 0.1) is 4.90 Å². The second-order valence-corrected chi connectivity index (χ2v) is 6.29. The number of sulfonamides is 1. The average molecular weight is 269 g/mol. The van der Waals surface area contributed by atoms with E-state index in [1.54, 1.807) is 6.92 Å². The normalized spacial score (nSPS) is 16.9. The summed E-state index contributed by atoms with van der Waals surface area (Å²) in [5.41, 5.74) is 7.80. The smallest absolute Gasteiger partial charge is 0.238 e. The second-order valence-electron chi connectivity index (χ2n) is 4.76. The molecule has 4 N–H and O–H groups in total. The lowest BCUT2D eigenvalue weighted by molar-refractivity contribution is 0.576. The summed E-state index contributed by atoms with van der Waals surface area (Å²) in [6, 6.07) is 3.26. The standard InChI is InChI=1S/C12H19N3O2S/c1-9-11(15-5-3-2-4-6-15)7-10(13)8-12(9)18(14,16)17/h7-8H,2-6,13H2,1H3,(H2,14,16,17). The molecule has 0 aliphatic carbocycles. The van der Waals surface area contributed by atoms with E-state index in [9.17, 15) is 8.42 Å². The second kappa shape index (κ2) is 4.78. The van der Waals surface area contributed by atoms with Crippen LogP contribution in [0.2, 0.25) is 0 Å². The highest BCUT2D eigenvalue weighted by Crippen LogP contribution is 2.30. The van der Waals surface area contributed by atoms with E-state index in [-0.39, 0.29) is 4.90 Å². The minimum Gasteiger partial charge on any atom is -0.399 e. The SMILES string of the molecule is Cc1c(N2CCCCC2)cc(N)cc1S(N)(=O)=O. The van der Waals surface area contributed by atoms with Crippen molar-refractivity contribution in [2.75, 3.05) is 23.7 Å². The fourth-order valence-corrected chi connectivity index (χ4v) is 3.28. The highest BCUT2D eigenvalue weighted by atomic mass is 32.2. The maximum absolute atomic E-state index is 11.5. The number of nitrogens with two attached hydrogens (primary N) is 2. The first-order chi connectivity index (χ1) is 8.39. The monoisotopic (exact) mass is 269 g/mol. The highest BCUT2D eigenvalue weighted by Gasteiger charge is 2.20. The molecule has 1 aromatic rings. The molecule has 6 heteroatoms. The third-order valence-electron chi connectivity index (χ3n) is 3.36. The number of hydrogen-bond acceptors (Lipinski definition) is 4. The third kappa shape index (κ3) is 2.59. The van der Waals surface area contributed by atoms with E-state index in [0.29, 0.717) is 11.3 Å². The van der Waals surface area contributed by atoms with Crippen LogP contribution >= 0.6 is 0 Å². The largest absolute Gasteiger partial charge is 0.399 e. The molecule has 0 amide bonds. The minimum atomic E-state index is -3.72. The number of nitrogen functional groups attached to an aromatic ring is 1. The van der Waals surface area contributed by atoms with E-state index in [1.807, 2.05) is 6.07 Å². The predicted molar refractivity (Wildman–Crippen MR) is 73.0 cm³/mol. The van der Waals surface area contributed by atoms with Crippen LogP contribution in [0.25, 0.3) is 0 Å². The van der Waals surface area contributed by atoms with E-state index in [2.05, 4.69) is 4.90 Å². The maximum Gasteiger partial charge on any atom is 0.238 e. The summed E-state index contributed by atoms with van der Waals surface area (Å²) in [5.74, 6) is 0. The lowest BCUT2D eigenvalue weighted by Gasteiger charge is -2.31. The fraction of sp³-hybridized carbons (Fsp3) is 0.500. The Morgan fingerprint density at radius 1 is 1.17 bits per heavy atom. The number of rotatable bonds is 2. The lowest BCUT2D eigenvalue weighted by Crippen LogP contribution is -2.30. The number of anilines is 2. The number of piperidine rings is 1. The van der Waals surface area contributed by atoms with Crippen LogP contribution in [0, 0.1) is 6.92 Å². The summed E-state index contributed by atoms with van der Waals surface area (Å²) < 4.78 is 23.1. The highest BCUT2D eigenvalue weighted by molar-refractivity contribution is 7.89. The Kier molecular flexibility index (Phi) is 3.49. The number of benzene rings is 1. The molecule has 100 valence electrons. The Balaban J connectivity index is 2.50. The molecule has 0 bridgehead atoms. The van der Waals surface area contributed by atoms with Crippen LogP contribution in [0.5, 0.6) is 0 Å². The van der Waals surface area contributed by atoms with Gasteiger partial charge in [0.2, 0.25) is 10.0 Å². The van der Waals surface area contributed by atoms with Crippen LogP contribution in [-0.4, -0.2) is 21.5 Å². The summed E-state index contributed by atoms with van der Waals surface area (Å²) >= 11 is 0. The Bertz CT molecular complexity index is 549. The van der Waals surface area contributed by atoms with Gasteiger partial charge in [0.1, 0.15) is 0 Å². The molecule has 0 atom stereocenters. The summed E-state index contributed by atoms with van der Waals surface area (Å²) in [6.07, 6.45) is 3.47. The van der Waals surface area contributed by atoms with Gasteiger partial charge in [-0.15, -0.1) is 0 Å². The van der Waals surface area contributed by atoms with Crippen molar-refractivity contribution >= 4 is 21.4 Å². The van der Waals surface area contributed by atoms with Crippen LogP contribution in [0.1, 0.15) is 24.8 Å². The molecule has 1 aliphatic rings. The molecular formula is C12H19N3O2S. The first kappa shape index (κ1) is 13.2. The summed E-state index contributed by atoms with van der Waals surface area (Å²) in [6.45, 7) is 3.66. The third-order valence-corrected chi connectivity index (χ3v) is 4.40. The summed E-state index contributed by atoms with van der Waals surface area (Å²) in [5, 5.41) is 5.22. The van der Waals surface area contributed by atoms with E-state index < -0.39 is 10.0 Å². The minimum absolute atomic E-state index is 0.128. The molecule has 1 fully saturated rings. The molecule has 1 heterocycles. The molecule has 1 aromatic carbocycles. The van der Waals surface area contributed by atoms with Crippen molar-refractivity contribution < 1.29 is 8.42 Å². The topological polar surface area (TPSA) is 89.4 Å². The Morgan fingerprint density at radius 2 is 1.78 bits per heavy atom. The van der Waals surface area contributed by atoms with Gasteiger partial charge < -0.3 is 10.6 Å². The van der Waals surface area contributed by atoms with Crippen molar-refractivity contribution in [1.29, 1.82) is 0 Å². The zero-order chi connectivity index (χ0) is 13.3. The van der Waals surface area contributed by atoms with E-state index in [4.69, 9.17) is 10.9 Å². The Labute approximate surface area is 108 Å². The van der Waals surface area contributed by atoms with Crippen molar-refractivity contribution in [2.24, 2.45) is 5.14 Å². The zero-order valence-electron chi connectivity index (χ0n) is 10.5. The van der Waals surface area contributed by atoms with E-state index in [0.717, 1.165) is 31.6 Å². The molecule has 0 saturated carbocycles. The molecule has 0 aromatic heterocycles. The van der Waals surface area contributed by atoms with Gasteiger partial charge in [-0.1, -0.05) is 0 Å². The first-order valence-electron chi connectivity index (χ1n) is 6.07. The van der Waals surface area contributed by atoms with Gasteiger partial charge in [0.25, 0.3) is 0 Å². The van der Waals surface area contributed by atoms with Gasteiger partial charge in [0.15, 0.2) is 0 Å². The average Bonchev–Trinajstić information content (AvgIpc) is 2.31. The Hall–Kier alpha value is -1.27. The van der Waals surface area contributed by atoms with Crippen molar-refractivity contribution in [3.63, 3.8) is 0 Å². The van der Waals surface area contributed by atoms with Crippen LogP contribution in [0.3, 0.4) is 0 Å².